The van der Waals surface area contributed by atoms with E-state index in [0.29, 0.717) is 5.56 Å². The molecule has 2 N–H and O–H groups in total. The highest BCUT2D eigenvalue weighted by atomic mass is 16.7. The van der Waals surface area contributed by atoms with E-state index in [9.17, 15) is 4.79 Å². The average Bonchev–Trinajstić information content (AvgIpc) is 2.66. The molecular weight excluding hydrogens is 364 g/mol. The van der Waals surface area contributed by atoms with E-state index < -0.39 is 5.91 Å². The van der Waals surface area contributed by atoms with Gasteiger partial charge in [-0.3, -0.25) is 4.79 Å². The van der Waals surface area contributed by atoms with Crippen LogP contribution in [0.1, 0.15) is 45.5 Å². The molecule has 0 bridgehead atoms. The van der Waals surface area contributed by atoms with E-state index in [-0.39, 0.29) is 6.79 Å². The van der Waals surface area contributed by atoms with Crippen molar-refractivity contribution < 1.29 is 14.3 Å². The van der Waals surface area contributed by atoms with Gasteiger partial charge in [-0.1, -0.05) is 12.2 Å². The largest absolute Gasteiger partial charge is 0.467 e. The molecule has 0 atom stereocenters. The Balaban J connectivity index is 1.97. The number of allylic oxidation sites excluding steroid dienone is 1. The predicted molar refractivity (Wildman–Crippen MR) is 120 cm³/mol. The van der Waals surface area contributed by atoms with E-state index in [1.54, 1.807) is 7.11 Å². The molecule has 29 heavy (non-hydrogen) atoms. The number of rotatable bonds is 10. The van der Waals surface area contributed by atoms with Gasteiger partial charge in [0.05, 0.1) is 0 Å². The Morgan fingerprint density at radius 2 is 1.79 bits per heavy atom. The van der Waals surface area contributed by atoms with Gasteiger partial charge in [0.25, 0.3) is 0 Å². The van der Waals surface area contributed by atoms with Crippen molar-refractivity contribution in [1.82, 2.24) is 0 Å². The molecule has 2 aromatic carbocycles. The summed E-state index contributed by atoms with van der Waals surface area (Å²) in [6.45, 7) is 4.34. The molecule has 0 radical (unpaired) electrons. The molecule has 1 amide bonds. The summed E-state index contributed by atoms with van der Waals surface area (Å²) in [5.74, 6) is 0.494. The maximum Gasteiger partial charge on any atom is 0.248 e. The summed E-state index contributed by atoms with van der Waals surface area (Å²) in [6, 6.07) is 10.1. The van der Waals surface area contributed by atoms with Gasteiger partial charge >= 0.3 is 0 Å². The lowest BCUT2D eigenvalue weighted by Gasteiger charge is -2.15. The number of aryl methyl sites for hydroxylation is 3. The molecule has 0 aliphatic carbocycles. The van der Waals surface area contributed by atoms with Crippen LogP contribution in [0, 0.1) is 13.8 Å². The number of benzene rings is 2. The van der Waals surface area contributed by atoms with Gasteiger partial charge in [-0.25, -0.2) is 0 Å². The number of nitrogens with zero attached hydrogens (tertiary/aromatic N) is 1. The van der Waals surface area contributed by atoms with E-state index >= 15 is 0 Å². The van der Waals surface area contributed by atoms with Gasteiger partial charge in [0.2, 0.25) is 5.91 Å². The summed E-state index contributed by atoms with van der Waals surface area (Å²) in [5.41, 5.74) is 11.5. The topological polar surface area (TPSA) is 64.8 Å². The molecule has 5 nitrogen and oxygen atoms in total. The number of unbranched alkanes of at least 4 members (excludes halogenated alkanes) is 1. The quantitative estimate of drug-likeness (QED) is 0.475. The Hall–Kier alpha value is -2.79. The van der Waals surface area contributed by atoms with Gasteiger partial charge in [-0.2, -0.15) is 0 Å². The molecule has 0 spiro atoms. The van der Waals surface area contributed by atoms with Crippen LogP contribution in [0.15, 0.2) is 36.4 Å². The van der Waals surface area contributed by atoms with Crippen LogP contribution in [-0.4, -0.2) is 33.9 Å². The minimum Gasteiger partial charge on any atom is -0.467 e. The minimum atomic E-state index is -0.390. The van der Waals surface area contributed by atoms with Crippen molar-refractivity contribution in [2.75, 3.05) is 32.9 Å². The molecule has 0 aliphatic heterocycles. The summed E-state index contributed by atoms with van der Waals surface area (Å²) >= 11 is 0. The monoisotopic (exact) mass is 396 g/mol. The van der Waals surface area contributed by atoms with Gasteiger partial charge in [0, 0.05) is 32.5 Å². The maximum atomic E-state index is 11.6. The number of primary amides is 1. The SMILES string of the molecule is COCOc1c(C)cc(C=CCCCc2cc(C(N)=O)cc(N(C)C)c2)cc1C. The first kappa shape index (κ1) is 22.5. The number of hydrogen-bond acceptors (Lipinski definition) is 4. The van der Waals surface area contributed by atoms with Gasteiger partial charge in [0.1, 0.15) is 5.75 Å². The fourth-order valence-corrected chi connectivity index (χ4v) is 3.29. The van der Waals surface area contributed by atoms with Gasteiger partial charge in [0.15, 0.2) is 6.79 Å². The van der Waals surface area contributed by atoms with Crippen molar-refractivity contribution in [1.29, 1.82) is 0 Å². The molecule has 0 aromatic heterocycles. The molecule has 0 saturated carbocycles. The number of hydrogen-bond donors (Lipinski definition) is 1. The van der Waals surface area contributed by atoms with Crippen LogP contribution in [-0.2, 0) is 11.2 Å². The summed E-state index contributed by atoms with van der Waals surface area (Å²) in [6.07, 6.45) is 7.19. The number of carbonyl (C=O) groups excluding carboxylic acids is 1. The van der Waals surface area contributed by atoms with E-state index in [1.165, 1.54) is 0 Å². The van der Waals surface area contributed by atoms with Crippen LogP contribution in [0.5, 0.6) is 5.75 Å². The van der Waals surface area contributed by atoms with E-state index in [4.69, 9.17) is 15.2 Å². The van der Waals surface area contributed by atoms with E-state index in [1.807, 2.05) is 45.0 Å². The molecule has 0 saturated heterocycles. The zero-order chi connectivity index (χ0) is 21.4. The Bertz CT molecular complexity index is 849. The highest BCUT2D eigenvalue weighted by Crippen LogP contribution is 2.25. The lowest BCUT2D eigenvalue weighted by Crippen LogP contribution is -2.14. The summed E-state index contributed by atoms with van der Waals surface area (Å²) in [5, 5.41) is 0. The van der Waals surface area contributed by atoms with Crippen molar-refractivity contribution in [2.45, 2.75) is 33.1 Å². The fraction of sp³-hybridized carbons (Fsp3) is 0.375. The van der Waals surface area contributed by atoms with Crippen molar-refractivity contribution in [3.05, 3.63) is 64.2 Å². The van der Waals surface area contributed by atoms with E-state index in [0.717, 1.165) is 53.0 Å². The van der Waals surface area contributed by atoms with Crippen molar-refractivity contribution in [2.24, 2.45) is 5.73 Å². The zero-order valence-electron chi connectivity index (χ0n) is 18.1. The first-order chi connectivity index (χ1) is 13.8. The number of nitrogens with two attached hydrogens (primary N) is 1. The van der Waals surface area contributed by atoms with Crippen LogP contribution < -0.4 is 15.4 Å². The third-order valence-electron chi connectivity index (χ3n) is 4.73. The van der Waals surface area contributed by atoms with Crippen LogP contribution in [0.2, 0.25) is 0 Å². The van der Waals surface area contributed by atoms with Gasteiger partial charge < -0.3 is 20.1 Å². The molecule has 0 aliphatic rings. The maximum absolute atomic E-state index is 11.6. The van der Waals surface area contributed by atoms with Crippen molar-refractivity contribution in [3.8, 4) is 5.75 Å². The molecule has 5 heteroatoms. The second-order valence-corrected chi connectivity index (χ2v) is 7.48. The number of amides is 1. The average molecular weight is 397 g/mol. The van der Waals surface area contributed by atoms with Crippen LogP contribution in [0.3, 0.4) is 0 Å². The highest BCUT2D eigenvalue weighted by Gasteiger charge is 2.07. The summed E-state index contributed by atoms with van der Waals surface area (Å²) in [4.78, 5) is 13.6. The Morgan fingerprint density at radius 3 is 2.38 bits per heavy atom. The van der Waals surface area contributed by atoms with E-state index in [2.05, 4.69) is 30.4 Å². The second kappa shape index (κ2) is 10.7. The zero-order valence-corrected chi connectivity index (χ0v) is 18.1. The Labute approximate surface area is 174 Å². The van der Waals surface area contributed by atoms with Crippen LogP contribution >= 0.6 is 0 Å². The predicted octanol–water partition coefficient (Wildman–Crippen LogP) is 4.49. The Kier molecular flexibility index (Phi) is 8.28. The minimum absolute atomic E-state index is 0.253. The smallest absolute Gasteiger partial charge is 0.248 e. The number of carbonyl (C=O) groups is 1. The normalized spacial score (nSPS) is 11.1. The molecule has 2 aromatic rings. The second-order valence-electron chi connectivity index (χ2n) is 7.48. The lowest BCUT2D eigenvalue weighted by molar-refractivity contribution is 0.0501. The fourth-order valence-electron chi connectivity index (χ4n) is 3.29. The highest BCUT2D eigenvalue weighted by molar-refractivity contribution is 5.94. The number of ether oxygens (including phenoxy) is 2. The number of methoxy groups -OCH3 is 1. The van der Waals surface area contributed by atoms with Crippen molar-refractivity contribution >= 4 is 17.7 Å². The number of anilines is 1. The molecule has 0 fully saturated rings. The van der Waals surface area contributed by atoms with Crippen LogP contribution in [0.4, 0.5) is 5.69 Å². The third kappa shape index (κ3) is 6.64. The van der Waals surface area contributed by atoms with Crippen molar-refractivity contribution in [3.63, 3.8) is 0 Å². The van der Waals surface area contributed by atoms with Gasteiger partial charge in [-0.15, -0.1) is 0 Å². The summed E-state index contributed by atoms with van der Waals surface area (Å²) < 4.78 is 10.6. The standard InChI is InChI=1S/C24H32N2O3/c1-17-11-19(12-18(2)23(17)29-16-28-5)9-7-6-8-10-20-13-21(24(25)27)15-22(14-20)26(3)4/h7,9,11-15H,6,8,10,16H2,1-5H3,(H2,25,27). The lowest BCUT2D eigenvalue weighted by atomic mass is 10.0. The first-order valence-corrected chi connectivity index (χ1v) is 9.82. The molecule has 156 valence electrons. The summed E-state index contributed by atoms with van der Waals surface area (Å²) in [7, 11) is 5.54. The molecular formula is C24H32N2O3. The molecule has 0 heterocycles. The molecule has 0 unspecified atom stereocenters. The van der Waals surface area contributed by atoms with Crippen LogP contribution in [0.25, 0.3) is 6.08 Å². The first-order valence-electron chi connectivity index (χ1n) is 9.82. The third-order valence-corrected chi connectivity index (χ3v) is 4.73. The van der Waals surface area contributed by atoms with Gasteiger partial charge in [-0.05, 0) is 85.7 Å². The Morgan fingerprint density at radius 1 is 1.10 bits per heavy atom. The molecule has 2 rings (SSSR count).